The number of nitrogens with one attached hydrogen (secondary N) is 3. The summed E-state index contributed by atoms with van der Waals surface area (Å²) in [5.74, 6) is -1.40. The Kier molecular flexibility index (Phi) is 16.7. The van der Waals surface area contributed by atoms with E-state index in [1.807, 2.05) is 63.6 Å². The predicted molar refractivity (Wildman–Crippen MR) is 261 cm³/mol. The van der Waals surface area contributed by atoms with E-state index in [-0.39, 0.29) is 51.0 Å². The minimum absolute atomic E-state index is 0.0324. The summed E-state index contributed by atoms with van der Waals surface area (Å²) in [5, 5.41) is 21.2. The first-order valence-corrected chi connectivity index (χ1v) is 26.4. The summed E-state index contributed by atoms with van der Waals surface area (Å²) < 4.78 is 1.91. The van der Waals surface area contributed by atoms with Crippen molar-refractivity contribution in [2.24, 2.45) is 5.73 Å². The van der Waals surface area contributed by atoms with Gasteiger partial charge in [-0.2, -0.15) is 0 Å². The lowest BCUT2D eigenvalue weighted by atomic mass is 10.2. The molecule has 4 heterocycles. The third-order valence-corrected chi connectivity index (χ3v) is 19.4. The molecule has 2 aromatic carbocycles. The molecule has 0 spiro atoms. The maximum atomic E-state index is 12.6. The quantitative estimate of drug-likeness (QED) is 0.0844. The van der Waals surface area contributed by atoms with Gasteiger partial charge in [-0.1, -0.05) is 22.4 Å². The molecule has 2 atom stereocenters. The highest BCUT2D eigenvalue weighted by atomic mass is 32.8. The summed E-state index contributed by atoms with van der Waals surface area (Å²) in [6, 6.07) is 14.5. The molecule has 316 valence electrons. The van der Waals surface area contributed by atoms with Gasteiger partial charge in [0.2, 0.25) is 0 Å². The number of hydrogen-bond donors (Lipinski definition) is 5. The number of amides is 3. The van der Waals surface area contributed by atoms with E-state index in [2.05, 4.69) is 53.6 Å². The standard InChI is InChI=1S/C20H23N3O2S4.C15H12N2O3S2.C5H13NS2/c1-11-17(27-12(2)22-11)19(25)23-14-6-7-15-13(8-14)9-16(28-15)18(24)21-10-20(3,4)29(5)26;1-7-13(21-8(2)16-7)14(18)17-10-3-4-11-9(5-10)6-12(22-11)15(19)20;1-5(2,4-6)8(3)7/h6-9H,10H2,1-5H3,(H,21,24)(H,23,25);3-6H,1-2H3,(H,17,18)(H,19,20);4,6H2,1-3H3. The lowest BCUT2D eigenvalue weighted by Gasteiger charge is -2.24. The number of aromatic carboxylic acids is 1. The van der Waals surface area contributed by atoms with Crippen molar-refractivity contribution in [2.75, 3.05) is 36.2 Å². The van der Waals surface area contributed by atoms with Crippen molar-refractivity contribution in [3.05, 3.63) is 89.4 Å². The second-order valence-electron chi connectivity index (χ2n) is 14.5. The summed E-state index contributed by atoms with van der Waals surface area (Å²) in [6.45, 7) is 16.9. The van der Waals surface area contributed by atoms with E-state index >= 15 is 0 Å². The van der Waals surface area contributed by atoms with Crippen molar-refractivity contribution in [3.63, 3.8) is 0 Å². The Morgan fingerprint density at radius 1 is 0.678 bits per heavy atom. The molecule has 11 nitrogen and oxygen atoms in total. The second kappa shape index (κ2) is 20.4. The van der Waals surface area contributed by atoms with Gasteiger partial charge < -0.3 is 26.8 Å². The number of carbonyl (C=O) groups excluding carboxylic acids is 3. The number of benzene rings is 2. The van der Waals surface area contributed by atoms with Crippen molar-refractivity contribution >= 4 is 142 Å². The van der Waals surface area contributed by atoms with Crippen LogP contribution in [0.1, 0.15) is 87.8 Å². The van der Waals surface area contributed by atoms with Gasteiger partial charge in [0.25, 0.3) is 17.7 Å². The third-order valence-electron chi connectivity index (χ3n) is 8.93. The van der Waals surface area contributed by atoms with E-state index in [0.29, 0.717) is 44.8 Å². The predicted octanol–water partition coefficient (Wildman–Crippen LogP) is 8.80. The van der Waals surface area contributed by atoms with Gasteiger partial charge in [-0.3, -0.25) is 14.4 Å². The van der Waals surface area contributed by atoms with E-state index < -0.39 is 5.97 Å². The Morgan fingerprint density at radius 3 is 1.46 bits per heavy atom. The van der Waals surface area contributed by atoms with Gasteiger partial charge in [-0.25, -0.2) is 14.8 Å². The molecule has 3 amide bonds. The van der Waals surface area contributed by atoms with E-state index in [0.717, 1.165) is 35.9 Å². The fourth-order valence-corrected chi connectivity index (χ4v) is 9.28. The number of thiazole rings is 2. The number of aromatic nitrogens is 2. The lowest BCUT2D eigenvalue weighted by molar-refractivity contribution is 0.0701. The fraction of sp³-hybridized carbons (Fsp3) is 0.350. The van der Waals surface area contributed by atoms with E-state index in [1.54, 1.807) is 25.1 Å². The van der Waals surface area contributed by atoms with Crippen LogP contribution < -0.4 is 21.7 Å². The lowest BCUT2D eigenvalue weighted by Crippen LogP contribution is -2.40. The van der Waals surface area contributed by atoms with Gasteiger partial charge in [0.15, 0.2) is 0 Å². The highest BCUT2D eigenvalue weighted by Crippen LogP contribution is 2.30. The molecule has 0 saturated carbocycles. The highest BCUT2D eigenvalue weighted by molar-refractivity contribution is 8.29. The molecule has 0 aliphatic rings. The van der Waals surface area contributed by atoms with Crippen molar-refractivity contribution in [3.8, 4) is 0 Å². The summed E-state index contributed by atoms with van der Waals surface area (Å²) in [4.78, 5) is 59.0. The second-order valence-corrected chi connectivity index (χ2v) is 26.1. The molecule has 0 aliphatic heterocycles. The molecule has 4 aromatic heterocycles. The number of nitrogens with two attached hydrogens (primary N) is 1. The van der Waals surface area contributed by atoms with Gasteiger partial charge in [-0.05, 0) is 127 Å². The molecule has 2 unspecified atom stereocenters. The van der Waals surface area contributed by atoms with Crippen LogP contribution in [0, 0.1) is 27.7 Å². The molecule has 6 N–H and O–H groups in total. The van der Waals surface area contributed by atoms with Crippen LogP contribution in [-0.4, -0.2) is 73.9 Å². The molecule has 59 heavy (non-hydrogen) atoms. The molecule has 0 aliphatic carbocycles. The summed E-state index contributed by atoms with van der Waals surface area (Å²) in [7, 11) is -0.178. The smallest absolute Gasteiger partial charge is 0.345 e. The Bertz CT molecular complexity index is 2570. The summed E-state index contributed by atoms with van der Waals surface area (Å²) in [6.07, 6.45) is 4.05. The van der Waals surface area contributed by atoms with Crippen LogP contribution in [0.15, 0.2) is 48.5 Å². The van der Waals surface area contributed by atoms with Crippen LogP contribution in [0.3, 0.4) is 0 Å². The normalized spacial score (nSPS) is 12.5. The molecule has 0 saturated heterocycles. The third kappa shape index (κ3) is 13.0. The first kappa shape index (κ1) is 48.3. The van der Waals surface area contributed by atoms with Gasteiger partial charge >= 0.3 is 5.97 Å². The number of anilines is 2. The first-order chi connectivity index (χ1) is 27.5. The van der Waals surface area contributed by atoms with Crippen molar-refractivity contribution in [1.82, 2.24) is 15.3 Å². The Balaban J connectivity index is 0.000000226. The summed E-state index contributed by atoms with van der Waals surface area (Å²) in [5.41, 5.74) is 8.23. The average molecular weight is 949 g/mol. The van der Waals surface area contributed by atoms with Crippen LogP contribution >= 0.6 is 45.3 Å². The first-order valence-electron chi connectivity index (χ1n) is 18.0. The Hall–Kier alpha value is -3.40. The van der Waals surface area contributed by atoms with Gasteiger partial charge in [0.05, 0.1) is 26.3 Å². The minimum Gasteiger partial charge on any atom is -0.477 e. The van der Waals surface area contributed by atoms with E-state index in [9.17, 15) is 19.2 Å². The molecule has 6 aromatic rings. The van der Waals surface area contributed by atoms with Crippen molar-refractivity contribution < 1.29 is 24.3 Å². The average Bonchev–Trinajstić information content (AvgIpc) is 3.95. The fourth-order valence-electron chi connectivity index (χ4n) is 4.92. The highest BCUT2D eigenvalue weighted by Gasteiger charge is 2.22. The van der Waals surface area contributed by atoms with E-state index in [1.165, 1.54) is 45.3 Å². The molecule has 19 heteroatoms. The number of nitrogens with zero attached hydrogens (tertiary/aromatic N) is 2. The number of rotatable bonds is 11. The SMILES string of the molecule is CS(=S)C(C)(C)CN.Cc1nc(C)c(C(=O)Nc2ccc3sc(C(=O)NCC(C)(C)S(C)=S)cc3c2)s1.Cc1nc(C)c(C(=O)Nc2ccc3sc(C(=O)O)cc3c2)s1. The number of aryl methyl sites for hydroxylation is 4. The zero-order valence-corrected chi connectivity index (χ0v) is 40.9. The van der Waals surface area contributed by atoms with Gasteiger partial charge in [-0.15, -0.1) is 64.3 Å². The zero-order valence-electron chi connectivity index (χ0n) is 34.4. The number of carboxylic acid groups (broad SMARTS) is 1. The molecule has 0 fully saturated rings. The van der Waals surface area contributed by atoms with Crippen LogP contribution in [0.5, 0.6) is 0 Å². The van der Waals surface area contributed by atoms with Crippen LogP contribution in [0.4, 0.5) is 11.4 Å². The number of thiophene rings is 2. The topological polar surface area (TPSA) is 176 Å². The Morgan fingerprint density at radius 2 is 1.10 bits per heavy atom. The molecular weight excluding hydrogens is 901 g/mol. The number of fused-ring (bicyclic) bond motifs is 2. The zero-order chi connectivity index (χ0) is 44.0. The minimum atomic E-state index is -0.942. The monoisotopic (exact) mass is 948 g/mol. The maximum Gasteiger partial charge on any atom is 0.345 e. The van der Waals surface area contributed by atoms with Crippen LogP contribution in [0.25, 0.3) is 20.2 Å². The number of carboxylic acids is 1. The van der Waals surface area contributed by atoms with Crippen molar-refractivity contribution in [1.29, 1.82) is 0 Å². The van der Waals surface area contributed by atoms with Crippen molar-refractivity contribution in [2.45, 2.75) is 64.9 Å². The molecule has 0 radical (unpaired) electrons. The molecule has 6 rings (SSSR count). The molecular formula is C40H48N6O5S8. The maximum absolute atomic E-state index is 12.6. The van der Waals surface area contributed by atoms with E-state index in [4.69, 9.17) is 33.2 Å². The number of carbonyl (C=O) groups is 4. The molecule has 0 bridgehead atoms. The van der Waals surface area contributed by atoms with Gasteiger partial charge in [0.1, 0.15) is 14.6 Å². The van der Waals surface area contributed by atoms with Gasteiger partial charge in [0, 0.05) is 43.4 Å². The summed E-state index contributed by atoms with van der Waals surface area (Å²) >= 11 is 15.8. The largest absolute Gasteiger partial charge is 0.477 e. The Labute approximate surface area is 374 Å². The van der Waals surface area contributed by atoms with Crippen LogP contribution in [0.2, 0.25) is 0 Å². The number of hydrogen-bond acceptors (Lipinski definition) is 13. The van der Waals surface area contributed by atoms with Crippen LogP contribution in [-0.2, 0) is 41.3 Å².